The topological polar surface area (TPSA) is 162 Å². The molecule has 1 unspecified atom stereocenters. The molecule has 1 atom stereocenters. The smallest absolute Gasteiger partial charge is 0.350 e. The minimum atomic E-state index is -3.40. The number of amides is 2. The molecule has 2 N–H and O–H groups in total. The third-order valence-corrected chi connectivity index (χ3v) is 4.30. The standard InChI is InChI=1S/C12H14N4O7Si/c17-8-24(16(22)23)12(19)14-6-10-3-1-2-9(4-10)5-13-11(18)7-15(20)21/h1-4,8,24H,5-7H2,(H,13,18)(H,14,19). The van der Waals surface area contributed by atoms with Crippen LogP contribution in [0.5, 0.6) is 0 Å². The monoisotopic (exact) mass is 354 g/mol. The van der Waals surface area contributed by atoms with Crippen molar-refractivity contribution < 1.29 is 23.9 Å². The number of rotatable bonds is 9. The number of nitrogens with zero attached hydrogens (tertiary/aromatic N) is 2. The predicted molar refractivity (Wildman–Crippen MR) is 83.3 cm³/mol. The highest BCUT2D eigenvalue weighted by molar-refractivity contribution is 7.02. The van der Waals surface area contributed by atoms with E-state index in [1.165, 1.54) is 0 Å². The number of carbonyl (C=O) groups excluding carboxylic acids is 3. The Kier molecular flexibility index (Phi) is 7.16. The molecule has 12 heteroatoms. The van der Waals surface area contributed by atoms with Gasteiger partial charge in [0.05, 0.1) is 0 Å². The molecule has 0 fully saturated rings. The first-order valence-corrected chi connectivity index (χ1v) is 8.42. The van der Waals surface area contributed by atoms with E-state index < -0.39 is 36.5 Å². The summed E-state index contributed by atoms with van der Waals surface area (Å²) in [6.45, 7) is -0.774. The van der Waals surface area contributed by atoms with Gasteiger partial charge in [-0.3, -0.25) is 29.8 Å². The molecule has 0 heterocycles. The number of carbonyl (C=O) groups is 3. The molecule has 11 nitrogen and oxygen atoms in total. The maximum absolute atomic E-state index is 11.5. The highest BCUT2D eigenvalue weighted by Gasteiger charge is 2.35. The van der Waals surface area contributed by atoms with E-state index in [0.29, 0.717) is 11.1 Å². The first kappa shape index (κ1) is 18.9. The third-order valence-electron chi connectivity index (χ3n) is 2.85. The molecule has 0 aromatic heterocycles. The highest BCUT2D eigenvalue weighted by atomic mass is 28.3. The Morgan fingerprint density at radius 2 is 1.71 bits per heavy atom. The van der Waals surface area contributed by atoms with Gasteiger partial charge in [0.15, 0.2) is 5.91 Å². The Labute approximate surface area is 137 Å². The maximum atomic E-state index is 11.5. The summed E-state index contributed by atoms with van der Waals surface area (Å²) < 4.78 is -0.858. The second-order valence-corrected chi connectivity index (χ2v) is 6.78. The van der Waals surface area contributed by atoms with Gasteiger partial charge in [-0.25, -0.2) is 0 Å². The summed E-state index contributed by atoms with van der Waals surface area (Å²) in [5.41, 5.74) is 0.350. The fraction of sp³-hybridized carbons (Fsp3) is 0.250. The second-order valence-electron chi connectivity index (χ2n) is 4.67. The lowest BCUT2D eigenvalue weighted by atomic mass is 10.1. The van der Waals surface area contributed by atoms with Crippen LogP contribution in [0.2, 0.25) is 0 Å². The van der Waals surface area contributed by atoms with Crippen molar-refractivity contribution in [2.75, 3.05) is 6.54 Å². The van der Waals surface area contributed by atoms with Crippen LogP contribution >= 0.6 is 0 Å². The molecule has 0 saturated heterocycles. The molecule has 1 rings (SSSR count). The third kappa shape index (κ3) is 6.31. The molecule has 0 aliphatic carbocycles. The lowest BCUT2D eigenvalue weighted by Crippen LogP contribution is -2.44. The zero-order chi connectivity index (χ0) is 18.1. The van der Waals surface area contributed by atoms with Crippen molar-refractivity contribution in [1.29, 1.82) is 0 Å². The van der Waals surface area contributed by atoms with Crippen LogP contribution in [-0.2, 0) is 22.7 Å². The van der Waals surface area contributed by atoms with Crippen LogP contribution in [0, 0.1) is 20.2 Å². The minimum Gasteiger partial charge on any atom is -0.350 e. The van der Waals surface area contributed by atoms with E-state index in [-0.39, 0.29) is 19.0 Å². The second kappa shape index (κ2) is 9.09. The quantitative estimate of drug-likeness (QED) is 0.252. The van der Waals surface area contributed by atoms with Crippen LogP contribution in [-0.4, -0.2) is 42.4 Å². The summed E-state index contributed by atoms with van der Waals surface area (Å²) >= 11 is 0. The van der Waals surface area contributed by atoms with E-state index in [2.05, 4.69) is 10.6 Å². The van der Waals surface area contributed by atoms with Gasteiger partial charge in [0.1, 0.15) is 0 Å². The maximum Gasteiger partial charge on any atom is 0.562 e. The summed E-state index contributed by atoms with van der Waals surface area (Å²) in [4.78, 5) is 53.3. The molecule has 0 radical (unpaired) electrons. The Morgan fingerprint density at radius 1 is 1.12 bits per heavy atom. The fourth-order valence-corrected chi connectivity index (χ4v) is 2.45. The van der Waals surface area contributed by atoms with Gasteiger partial charge in [-0.15, -0.1) is 0 Å². The molecule has 0 spiro atoms. The summed E-state index contributed by atoms with van der Waals surface area (Å²) in [6.07, 6.45) is 0. The van der Waals surface area contributed by atoms with Crippen molar-refractivity contribution >= 4 is 26.3 Å². The summed E-state index contributed by atoms with van der Waals surface area (Å²) in [7, 11) is -3.40. The van der Waals surface area contributed by atoms with E-state index in [9.17, 15) is 34.6 Å². The minimum absolute atomic E-state index is 0.0132. The number of hydrogen-bond donors (Lipinski definition) is 2. The Hall–Kier alpha value is -3.15. The van der Waals surface area contributed by atoms with E-state index in [1.807, 2.05) is 0 Å². The zero-order valence-corrected chi connectivity index (χ0v) is 13.5. The van der Waals surface area contributed by atoms with Crippen molar-refractivity contribution in [3.63, 3.8) is 0 Å². The van der Waals surface area contributed by atoms with Gasteiger partial charge in [-0.05, 0) is 15.7 Å². The molecule has 1 aromatic rings. The van der Waals surface area contributed by atoms with Gasteiger partial charge >= 0.3 is 8.96 Å². The van der Waals surface area contributed by atoms with Crippen LogP contribution < -0.4 is 10.6 Å². The Balaban J connectivity index is 2.58. The van der Waals surface area contributed by atoms with E-state index in [1.54, 1.807) is 24.3 Å². The summed E-state index contributed by atoms with van der Waals surface area (Å²) in [6, 6.07) is 6.57. The van der Waals surface area contributed by atoms with E-state index in [4.69, 9.17) is 0 Å². The molecule has 128 valence electrons. The van der Waals surface area contributed by atoms with Gasteiger partial charge in [0.25, 0.3) is 18.0 Å². The van der Waals surface area contributed by atoms with Crippen LogP contribution in [0.25, 0.3) is 0 Å². The number of hydrogen-bond acceptors (Lipinski definition) is 7. The molecular formula is C12H14N4O7Si. The van der Waals surface area contributed by atoms with Crippen molar-refractivity contribution in [1.82, 2.24) is 10.6 Å². The van der Waals surface area contributed by atoms with Gasteiger partial charge < -0.3 is 15.4 Å². The average Bonchev–Trinajstić information content (AvgIpc) is 2.51. The average molecular weight is 354 g/mol. The highest BCUT2D eigenvalue weighted by Crippen LogP contribution is 2.05. The number of nitrogens with one attached hydrogen (secondary N) is 2. The lowest BCUT2D eigenvalue weighted by molar-refractivity contribution is -0.467. The van der Waals surface area contributed by atoms with Crippen LogP contribution in [0.3, 0.4) is 0 Å². The van der Waals surface area contributed by atoms with Gasteiger partial charge in [-0.1, -0.05) is 24.3 Å². The first-order chi connectivity index (χ1) is 11.3. The predicted octanol–water partition coefficient (Wildman–Crippen LogP) is -0.857. The molecule has 1 aromatic carbocycles. The Morgan fingerprint density at radius 3 is 2.21 bits per heavy atom. The molecule has 0 saturated carbocycles. The van der Waals surface area contributed by atoms with E-state index >= 15 is 0 Å². The normalized spacial score (nSPS) is 11.2. The van der Waals surface area contributed by atoms with Crippen molar-refractivity contribution in [3.8, 4) is 0 Å². The van der Waals surface area contributed by atoms with Gasteiger partial charge in [-0.2, -0.15) is 0 Å². The first-order valence-electron chi connectivity index (χ1n) is 6.66. The lowest BCUT2D eigenvalue weighted by Gasteiger charge is -2.07. The molecular weight excluding hydrogens is 340 g/mol. The van der Waals surface area contributed by atoms with Gasteiger partial charge in [0.2, 0.25) is 0 Å². The van der Waals surface area contributed by atoms with E-state index in [0.717, 1.165) is 0 Å². The van der Waals surface area contributed by atoms with Gasteiger partial charge in [0, 0.05) is 18.0 Å². The number of nitro groups is 2. The molecule has 2 amide bonds. The summed E-state index contributed by atoms with van der Waals surface area (Å²) in [5, 5.41) is 25.4. The van der Waals surface area contributed by atoms with Crippen molar-refractivity contribution in [2.45, 2.75) is 13.1 Å². The van der Waals surface area contributed by atoms with Crippen LogP contribution in [0.1, 0.15) is 11.1 Å². The fourth-order valence-electron chi connectivity index (χ4n) is 1.72. The SMILES string of the molecule is O=C[SiH](C(=O)NCc1cccc(CNC(=O)C[N+](=O)[O-])c1)[N+](=O)[O-]. The zero-order valence-electron chi connectivity index (χ0n) is 12.3. The molecule has 0 aliphatic rings. The van der Waals surface area contributed by atoms with Crippen molar-refractivity contribution in [2.24, 2.45) is 0 Å². The van der Waals surface area contributed by atoms with Crippen molar-refractivity contribution in [3.05, 3.63) is 55.6 Å². The number of benzene rings is 1. The molecule has 0 bridgehead atoms. The van der Waals surface area contributed by atoms with Crippen LogP contribution in [0.4, 0.5) is 4.79 Å². The largest absolute Gasteiger partial charge is 0.562 e. The molecule has 0 aliphatic heterocycles. The van der Waals surface area contributed by atoms with Crippen LogP contribution in [0.15, 0.2) is 24.3 Å². The Bertz CT molecular complexity index is 667. The molecule has 24 heavy (non-hydrogen) atoms. The summed E-state index contributed by atoms with van der Waals surface area (Å²) in [5.74, 6) is -0.652.